The van der Waals surface area contributed by atoms with Crippen molar-refractivity contribution in [3.63, 3.8) is 0 Å². The van der Waals surface area contributed by atoms with Crippen LogP contribution in [0, 0.1) is 5.41 Å². The van der Waals surface area contributed by atoms with E-state index in [1.807, 2.05) is 0 Å². The maximum atomic E-state index is 5.27. The van der Waals surface area contributed by atoms with Crippen LogP contribution in [0.25, 0.3) is 0 Å². The lowest BCUT2D eigenvalue weighted by atomic mass is 9.67. The van der Waals surface area contributed by atoms with Crippen LogP contribution in [0.3, 0.4) is 0 Å². The van der Waals surface area contributed by atoms with Crippen molar-refractivity contribution in [3.05, 3.63) is 0 Å². The third-order valence-electron chi connectivity index (χ3n) is 5.01. The minimum atomic E-state index is 0. The molecule has 2 N–H and O–H groups in total. The summed E-state index contributed by atoms with van der Waals surface area (Å²) in [4.78, 5) is 7.30. The Bertz CT molecular complexity index is 331. The Kier molecular flexibility index (Phi) is 14.1. The van der Waals surface area contributed by atoms with E-state index in [1.165, 1.54) is 19.3 Å². The van der Waals surface area contributed by atoms with Crippen molar-refractivity contribution in [1.29, 1.82) is 0 Å². The van der Waals surface area contributed by atoms with Crippen LogP contribution in [-0.4, -0.2) is 63.8 Å². The van der Waals surface area contributed by atoms with Crippen LogP contribution >= 0.6 is 24.0 Å². The molecular weight excluding hydrogens is 415 g/mol. The highest BCUT2D eigenvalue weighted by Gasteiger charge is 2.36. The molecule has 0 aromatic heterocycles. The van der Waals surface area contributed by atoms with Gasteiger partial charge in [-0.05, 0) is 57.7 Å². The largest absolute Gasteiger partial charge is 0.385 e. The molecule has 0 amide bonds. The Hall–Kier alpha value is -0.0800. The van der Waals surface area contributed by atoms with Gasteiger partial charge in [0.2, 0.25) is 0 Å². The fraction of sp³-hybridized carbons (Fsp3) is 0.944. The van der Waals surface area contributed by atoms with E-state index in [9.17, 15) is 0 Å². The van der Waals surface area contributed by atoms with E-state index in [1.54, 1.807) is 7.11 Å². The van der Waals surface area contributed by atoms with Crippen LogP contribution in [0.1, 0.15) is 52.9 Å². The molecule has 0 spiro atoms. The topological polar surface area (TPSA) is 48.9 Å². The lowest BCUT2D eigenvalue weighted by Crippen LogP contribution is -2.41. The highest BCUT2D eigenvalue weighted by atomic mass is 127. The summed E-state index contributed by atoms with van der Waals surface area (Å²) in [5, 5.41) is 6.85. The number of ether oxygens (including phenoxy) is 1. The number of methoxy groups -OCH3 is 1. The normalized spacial score (nSPS) is 16.5. The van der Waals surface area contributed by atoms with Crippen molar-refractivity contribution in [1.82, 2.24) is 15.5 Å². The fourth-order valence-corrected chi connectivity index (χ4v) is 3.12. The second-order valence-electron chi connectivity index (χ2n) is 6.60. The predicted molar refractivity (Wildman–Crippen MR) is 115 cm³/mol. The first-order valence-corrected chi connectivity index (χ1v) is 9.43. The van der Waals surface area contributed by atoms with Crippen LogP contribution in [0.4, 0.5) is 0 Å². The third-order valence-corrected chi connectivity index (χ3v) is 5.01. The summed E-state index contributed by atoms with van der Waals surface area (Å²) in [6.45, 7) is 13.6. The number of rotatable bonds is 12. The van der Waals surface area contributed by atoms with E-state index < -0.39 is 0 Å². The molecule has 0 heterocycles. The van der Waals surface area contributed by atoms with Crippen LogP contribution in [0.2, 0.25) is 0 Å². The lowest BCUT2D eigenvalue weighted by Gasteiger charge is -2.40. The van der Waals surface area contributed by atoms with E-state index >= 15 is 0 Å². The molecule has 0 aliphatic heterocycles. The van der Waals surface area contributed by atoms with Gasteiger partial charge in [-0.25, -0.2) is 0 Å². The average molecular weight is 454 g/mol. The zero-order chi connectivity index (χ0) is 17.0. The van der Waals surface area contributed by atoms with Gasteiger partial charge in [0.15, 0.2) is 5.96 Å². The minimum absolute atomic E-state index is 0. The van der Waals surface area contributed by atoms with E-state index in [0.29, 0.717) is 5.41 Å². The first kappa shape index (κ1) is 23.9. The van der Waals surface area contributed by atoms with Crippen molar-refractivity contribution < 1.29 is 4.74 Å². The van der Waals surface area contributed by atoms with Gasteiger partial charge in [0.05, 0.1) is 0 Å². The summed E-state index contributed by atoms with van der Waals surface area (Å²) >= 11 is 0. The molecule has 1 aliphatic carbocycles. The zero-order valence-corrected chi connectivity index (χ0v) is 18.5. The molecule has 144 valence electrons. The number of halogens is 1. The monoisotopic (exact) mass is 454 g/mol. The van der Waals surface area contributed by atoms with E-state index in [2.05, 4.69) is 36.3 Å². The summed E-state index contributed by atoms with van der Waals surface area (Å²) in [7, 11) is 1.79. The molecule has 5 nitrogen and oxygen atoms in total. The molecule has 0 unspecified atom stereocenters. The number of guanidine groups is 1. The number of nitrogens with one attached hydrogen (secondary N) is 2. The Balaban J connectivity index is 0.00000529. The van der Waals surface area contributed by atoms with Crippen molar-refractivity contribution in [2.75, 3.05) is 53.0 Å². The molecule has 24 heavy (non-hydrogen) atoms. The van der Waals surface area contributed by atoms with Crippen molar-refractivity contribution in [2.24, 2.45) is 10.4 Å². The Morgan fingerprint density at radius 2 is 1.88 bits per heavy atom. The summed E-state index contributed by atoms with van der Waals surface area (Å²) in [6.07, 6.45) is 6.21. The Labute approximate surface area is 166 Å². The second kappa shape index (κ2) is 14.1. The maximum absolute atomic E-state index is 5.27. The van der Waals surface area contributed by atoms with Gasteiger partial charge in [-0.2, -0.15) is 0 Å². The van der Waals surface area contributed by atoms with E-state index in [0.717, 1.165) is 64.7 Å². The third kappa shape index (κ3) is 8.85. The van der Waals surface area contributed by atoms with Crippen LogP contribution in [0.15, 0.2) is 4.99 Å². The van der Waals surface area contributed by atoms with Gasteiger partial charge in [0, 0.05) is 33.4 Å². The molecule has 0 aromatic rings. The highest BCUT2D eigenvalue weighted by Crippen LogP contribution is 2.44. The van der Waals surface area contributed by atoms with Gasteiger partial charge in [-0.1, -0.05) is 20.3 Å². The maximum Gasteiger partial charge on any atom is 0.191 e. The number of aliphatic imine (C=N–C) groups is 1. The Morgan fingerprint density at radius 3 is 2.38 bits per heavy atom. The SMILES string of the molecule is CCNC(=NCC1(CCOC)CCC1)NCCCN(CC)CC.I. The van der Waals surface area contributed by atoms with Gasteiger partial charge >= 0.3 is 0 Å². The average Bonchev–Trinajstić information content (AvgIpc) is 2.53. The molecule has 1 fully saturated rings. The van der Waals surface area contributed by atoms with Gasteiger partial charge in [0.1, 0.15) is 0 Å². The molecule has 0 aromatic carbocycles. The van der Waals surface area contributed by atoms with Crippen molar-refractivity contribution in [2.45, 2.75) is 52.9 Å². The van der Waals surface area contributed by atoms with Gasteiger partial charge in [-0.3, -0.25) is 4.99 Å². The standard InChI is InChI=1S/C18H38N4O.HI/c1-5-19-17(20-13-9-14-22(6-2)7-3)21-16-18(10-8-11-18)12-15-23-4;/h5-16H2,1-4H3,(H2,19,20,21);1H. The molecule has 0 saturated heterocycles. The van der Waals surface area contributed by atoms with Crippen molar-refractivity contribution >= 4 is 29.9 Å². The van der Waals surface area contributed by atoms with Gasteiger partial charge < -0.3 is 20.3 Å². The van der Waals surface area contributed by atoms with Crippen LogP contribution < -0.4 is 10.6 Å². The molecule has 6 heteroatoms. The molecular formula is C18H39IN4O. The molecule has 0 bridgehead atoms. The smallest absolute Gasteiger partial charge is 0.191 e. The van der Waals surface area contributed by atoms with Gasteiger partial charge in [-0.15, -0.1) is 24.0 Å². The quantitative estimate of drug-likeness (QED) is 0.206. The predicted octanol–water partition coefficient (Wildman–Crippen LogP) is 3.10. The molecule has 1 rings (SSSR count). The van der Waals surface area contributed by atoms with Crippen molar-refractivity contribution in [3.8, 4) is 0 Å². The number of hydrogen-bond donors (Lipinski definition) is 2. The lowest BCUT2D eigenvalue weighted by molar-refractivity contribution is 0.0778. The van der Waals surface area contributed by atoms with Crippen LogP contribution in [0.5, 0.6) is 0 Å². The summed E-state index contributed by atoms with van der Waals surface area (Å²) in [5.74, 6) is 0.968. The highest BCUT2D eigenvalue weighted by molar-refractivity contribution is 14.0. The first-order chi connectivity index (χ1) is 11.2. The Morgan fingerprint density at radius 1 is 1.17 bits per heavy atom. The summed E-state index contributed by atoms with van der Waals surface area (Å²) in [6, 6.07) is 0. The number of hydrogen-bond acceptors (Lipinski definition) is 3. The molecule has 1 aliphatic rings. The number of nitrogens with zero attached hydrogens (tertiary/aromatic N) is 2. The molecule has 0 atom stereocenters. The second-order valence-corrected chi connectivity index (χ2v) is 6.60. The minimum Gasteiger partial charge on any atom is -0.385 e. The molecule has 1 saturated carbocycles. The zero-order valence-electron chi connectivity index (χ0n) is 16.2. The summed E-state index contributed by atoms with van der Waals surface area (Å²) in [5.41, 5.74) is 0.388. The first-order valence-electron chi connectivity index (χ1n) is 9.43. The fourth-order valence-electron chi connectivity index (χ4n) is 3.12. The summed E-state index contributed by atoms with van der Waals surface area (Å²) < 4.78 is 5.27. The van der Waals surface area contributed by atoms with E-state index in [-0.39, 0.29) is 24.0 Å². The molecule has 0 radical (unpaired) electrons. The van der Waals surface area contributed by atoms with Gasteiger partial charge in [0.25, 0.3) is 0 Å². The van der Waals surface area contributed by atoms with Crippen LogP contribution in [-0.2, 0) is 4.74 Å². The van der Waals surface area contributed by atoms with E-state index in [4.69, 9.17) is 9.73 Å².